The second-order valence-electron chi connectivity index (χ2n) is 8.39. The second-order valence-corrected chi connectivity index (χ2v) is 12.4. The molecule has 0 heterocycles. The van der Waals surface area contributed by atoms with Crippen molar-refractivity contribution in [3.8, 4) is 11.5 Å². The van der Waals surface area contributed by atoms with Crippen LogP contribution in [0.3, 0.4) is 0 Å². The number of anilines is 1. The summed E-state index contributed by atoms with van der Waals surface area (Å²) in [5.41, 5.74) is 1.89. The summed E-state index contributed by atoms with van der Waals surface area (Å²) < 4.78 is 22.8. The first-order valence-electron chi connectivity index (χ1n) is 11.1. The number of carbonyl (C=O) groups is 1. The zero-order chi connectivity index (χ0) is 27.3. The van der Waals surface area contributed by atoms with Gasteiger partial charge < -0.3 is 45.5 Å². The number of aliphatic hydroxyl groups is 1. The SMILES string of the molecule is CCC(c1ccc(O)cc1)C(CC)c1ccc(O)c(NC(=O)NCCC(O)(P(=O)(O)O)P(=O)(O)O)c1.[NaH].[NaH]. The van der Waals surface area contributed by atoms with Crippen LogP contribution in [0.4, 0.5) is 10.5 Å². The maximum atomic E-state index is 12.3. The Bertz CT molecular complexity index is 1140. The van der Waals surface area contributed by atoms with E-state index in [0.717, 1.165) is 24.0 Å². The van der Waals surface area contributed by atoms with Crippen molar-refractivity contribution in [2.24, 2.45) is 0 Å². The van der Waals surface area contributed by atoms with Gasteiger partial charge in [0.05, 0.1) is 5.69 Å². The molecule has 2 amide bonds. The number of phenolic OH excluding ortho intramolecular Hbond substituents is 2. The first kappa shape index (κ1) is 37.6. The molecule has 2 atom stereocenters. The summed E-state index contributed by atoms with van der Waals surface area (Å²) in [5, 5.41) is 30.6. The van der Waals surface area contributed by atoms with Crippen molar-refractivity contribution >= 4 is 86.0 Å². The Kier molecular flexibility index (Phi) is 15.4. The van der Waals surface area contributed by atoms with Crippen LogP contribution in [-0.4, -0.2) is 112 Å². The van der Waals surface area contributed by atoms with Gasteiger partial charge in [-0.3, -0.25) is 9.13 Å². The summed E-state index contributed by atoms with van der Waals surface area (Å²) in [4.78, 5) is 49.0. The summed E-state index contributed by atoms with van der Waals surface area (Å²) >= 11 is 0. The van der Waals surface area contributed by atoms with Crippen LogP contribution in [0.2, 0.25) is 0 Å². The molecule has 2 aromatic carbocycles. The van der Waals surface area contributed by atoms with Gasteiger partial charge in [0.15, 0.2) is 0 Å². The average Bonchev–Trinajstić information content (AvgIpc) is 2.78. The fourth-order valence-electron chi connectivity index (χ4n) is 4.08. The molecule has 0 aromatic heterocycles. The van der Waals surface area contributed by atoms with Crippen LogP contribution in [0.1, 0.15) is 56.1 Å². The number of hydrogen-bond acceptors (Lipinski definition) is 6. The van der Waals surface area contributed by atoms with E-state index >= 15 is 0 Å². The molecule has 0 radical (unpaired) electrons. The van der Waals surface area contributed by atoms with Crippen LogP contribution < -0.4 is 10.6 Å². The molecule has 2 unspecified atom stereocenters. The minimum absolute atomic E-state index is 0. The van der Waals surface area contributed by atoms with E-state index in [1.807, 2.05) is 26.0 Å². The van der Waals surface area contributed by atoms with Gasteiger partial charge >= 0.3 is 80.3 Å². The molecule has 0 aliphatic carbocycles. The summed E-state index contributed by atoms with van der Waals surface area (Å²) in [6.07, 6.45) is 0.401. The van der Waals surface area contributed by atoms with Gasteiger partial charge in [0.25, 0.3) is 5.08 Å². The van der Waals surface area contributed by atoms with Gasteiger partial charge in [-0.1, -0.05) is 32.0 Å². The van der Waals surface area contributed by atoms with Crippen molar-refractivity contribution in [1.82, 2.24) is 5.32 Å². The monoisotopic (exact) mass is 594 g/mol. The molecular weight excluding hydrogens is 560 g/mol. The Balaban J connectivity index is 0.00000684. The fourth-order valence-corrected chi connectivity index (χ4v) is 6.25. The van der Waals surface area contributed by atoms with E-state index in [4.69, 9.17) is 0 Å². The fraction of sp³-hybridized carbons (Fsp3) is 0.409. The van der Waals surface area contributed by atoms with Crippen molar-refractivity contribution in [3.63, 3.8) is 0 Å². The number of hydrogen-bond donors (Lipinski definition) is 9. The van der Waals surface area contributed by atoms with Gasteiger partial charge in [-0.2, -0.15) is 0 Å². The molecule has 0 saturated heterocycles. The van der Waals surface area contributed by atoms with E-state index in [-0.39, 0.29) is 88.1 Å². The van der Waals surface area contributed by atoms with Gasteiger partial charge in [-0.25, -0.2) is 4.79 Å². The average molecular weight is 594 g/mol. The zero-order valence-corrected chi connectivity index (χ0v) is 21.6. The molecule has 204 valence electrons. The Morgan fingerprint density at radius 3 is 1.82 bits per heavy atom. The first-order valence-corrected chi connectivity index (χ1v) is 14.4. The molecule has 16 heteroatoms. The predicted molar refractivity (Wildman–Crippen MR) is 147 cm³/mol. The molecular formula is C22H34N2Na2O10P2. The van der Waals surface area contributed by atoms with Gasteiger partial charge in [0.2, 0.25) is 0 Å². The molecule has 2 rings (SSSR count). The number of benzene rings is 2. The maximum absolute atomic E-state index is 12.3. The van der Waals surface area contributed by atoms with Crippen LogP contribution in [0.5, 0.6) is 11.5 Å². The Labute approximate surface area is 265 Å². The van der Waals surface area contributed by atoms with Crippen LogP contribution in [0.25, 0.3) is 0 Å². The van der Waals surface area contributed by atoms with Gasteiger partial charge in [-0.05, 0) is 60.1 Å². The van der Waals surface area contributed by atoms with Crippen LogP contribution in [0, 0.1) is 0 Å². The molecule has 0 fully saturated rings. The standard InChI is InChI=1S/C22H32N2O10P2.2Na.2H/c1-3-17(14-5-8-16(25)9-6-14)18(4-2)15-7-10-20(26)19(13-15)24-21(27)23-12-11-22(28,35(29,30)31)36(32,33)34;;;;/h5-10,13,17-18,25-26,28H,3-4,11-12H2,1-2H3,(H2,23,24,27)(H2,29,30,31)(H2,32,33,34);;;;. The summed E-state index contributed by atoms with van der Waals surface area (Å²) in [7, 11) is -11.3. The molecule has 0 aliphatic heterocycles. The Hall–Kier alpha value is -0.430. The normalized spacial score (nSPS) is 13.4. The van der Waals surface area contributed by atoms with Crippen LogP contribution >= 0.6 is 15.2 Å². The predicted octanol–water partition coefficient (Wildman–Crippen LogP) is 2.00. The molecule has 38 heavy (non-hydrogen) atoms. The number of carbonyl (C=O) groups excluding carboxylic acids is 1. The van der Waals surface area contributed by atoms with Crippen LogP contribution in [-0.2, 0) is 9.13 Å². The second kappa shape index (κ2) is 15.5. The molecule has 0 aliphatic rings. The van der Waals surface area contributed by atoms with E-state index in [9.17, 15) is 48.8 Å². The molecule has 12 nitrogen and oxygen atoms in total. The summed E-state index contributed by atoms with van der Waals surface area (Å²) in [6.45, 7) is 3.35. The van der Waals surface area contributed by atoms with Crippen molar-refractivity contribution in [1.29, 1.82) is 0 Å². The van der Waals surface area contributed by atoms with E-state index in [2.05, 4.69) is 10.6 Å². The summed E-state index contributed by atoms with van der Waals surface area (Å²) in [6, 6.07) is 10.7. The van der Waals surface area contributed by atoms with Crippen LogP contribution in [0.15, 0.2) is 42.5 Å². The quantitative estimate of drug-likeness (QED) is 0.105. The molecule has 0 spiro atoms. The topological polar surface area (TPSA) is 217 Å². The first-order chi connectivity index (χ1) is 16.6. The van der Waals surface area contributed by atoms with E-state index in [1.165, 1.54) is 6.07 Å². The van der Waals surface area contributed by atoms with Crippen molar-refractivity contribution < 1.29 is 48.8 Å². The summed E-state index contributed by atoms with van der Waals surface area (Å²) in [5.74, 6) is -0.00254. The Morgan fingerprint density at radius 1 is 0.868 bits per heavy atom. The number of amides is 2. The van der Waals surface area contributed by atoms with Crippen molar-refractivity contribution in [2.45, 2.75) is 50.0 Å². The van der Waals surface area contributed by atoms with Crippen molar-refractivity contribution in [2.75, 3.05) is 11.9 Å². The third-order valence-corrected chi connectivity index (χ3v) is 9.94. The van der Waals surface area contributed by atoms with Gasteiger partial charge in [0.1, 0.15) is 11.5 Å². The Morgan fingerprint density at radius 2 is 1.34 bits per heavy atom. The molecule has 2 aromatic rings. The number of urea groups is 1. The number of phenols is 2. The van der Waals surface area contributed by atoms with E-state index < -0.39 is 39.3 Å². The zero-order valence-electron chi connectivity index (χ0n) is 19.8. The third-order valence-electron chi connectivity index (χ3n) is 6.06. The third kappa shape index (κ3) is 9.31. The number of rotatable bonds is 11. The number of nitrogens with one attached hydrogen (secondary N) is 2. The number of aromatic hydroxyl groups is 2. The van der Waals surface area contributed by atoms with Crippen molar-refractivity contribution in [3.05, 3.63) is 53.6 Å². The van der Waals surface area contributed by atoms with E-state index in [0.29, 0.717) is 0 Å². The molecule has 0 saturated carbocycles. The minimum atomic E-state index is -5.64. The van der Waals surface area contributed by atoms with Gasteiger partial charge in [-0.15, -0.1) is 0 Å². The molecule has 9 N–H and O–H groups in total. The molecule has 0 bridgehead atoms. The van der Waals surface area contributed by atoms with E-state index in [1.54, 1.807) is 24.3 Å². The van der Waals surface area contributed by atoms with Gasteiger partial charge in [0, 0.05) is 13.0 Å².